The molecule has 1 amide bonds. The van der Waals surface area contributed by atoms with Crippen molar-refractivity contribution in [3.05, 3.63) is 59.7 Å². The molecule has 0 radical (unpaired) electrons. The van der Waals surface area contributed by atoms with Crippen molar-refractivity contribution >= 4 is 23.1 Å². The summed E-state index contributed by atoms with van der Waals surface area (Å²) in [6.07, 6.45) is 0.404. The summed E-state index contributed by atoms with van der Waals surface area (Å²) in [5, 5.41) is 2.90. The number of nitrogens with zero attached hydrogens (tertiary/aromatic N) is 2. The average Bonchev–Trinajstić information content (AvgIpc) is 2.73. The fourth-order valence-corrected chi connectivity index (χ4v) is 3.72. The minimum absolute atomic E-state index is 0.00846. The number of amides is 1. The highest BCUT2D eigenvalue weighted by molar-refractivity contribution is 6.00. The molecule has 154 valence electrons. The zero-order chi connectivity index (χ0) is 20.8. The number of benzene rings is 2. The molecule has 1 aliphatic heterocycles. The summed E-state index contributed by atoms with van der Waals surface area (Å²) in [6.45, 7) is 10.6. The van der Waals surface area contributed by atoms with Gasteiger partial charge in [-0.15, -0.1) is 0 Å². The van der Waals surface area contributed by atoms with Crippen LogP contribution in [0.4, 0.5) is 11.4 Å². The summed E-state index contributed by atoms with van der Waals surface area (Å²) in [6, 6.07) is 16.1. The van der Waals surface area contributed by atoms with E-state index in [1.807, 2.05) is 43.3 Å². The van der Waals surface area contributed by atoms with Gasteiger partial charge in [0.1, 0.15) is 0 Å². The van der Waals surface area contributed by atoms with Crippen LogP contribution in [0.2, 0.25) is 0 Å². The molecule has 0 aliphatic carbocycles. The molecule has 3 rings (SSSR count). The molecule has 1 N–H and O–H groups in total. The van der Waals surface area contributed by atoms with E-state index >= 15 is 0 Å². The number of ketones is 1. The Labute approximate surface area is 173 Å². The topological polar surface area (TPSA) is 52.7 Å². The third kappa shape index (κ3) is 5.67. The van der Waals surface area contributed by atoms with E-state index in [4.69, 9.17) is 0 Å². The Morgan fingerprint density at radius 2 is 1.59 bits per heavy atom. The number of aryl methyl sites for hydroxylation is 1. The Morgan fingerprint density at radius 3 is 2.21 bits per heavy atom. The van der Waals surface area contributed by atoms with E-state index in [9.17, 15) is 9.59 Å². The maximum Gasteiger partial charge on any atom is 0.224 e. The standard InChI is InChI=1S/C24H31N3O2/c1-18(2)26-14-16-27(17-15-26)21-10-8-20(9-11-21)25-24(29)13-12-23(28)22-7-5-4-6-19(22)3/h4-11,18H,12-17H2,1-3H3,(H,25,29). The fraction of sp³-hybridized carbons (Fsp3) is 0.417. The number of carbonyl (C=O) groups is 2. The Balaban J connectivity index is 1.48. The molecule has 5 nitrogen and oxygen atoms in total. The maximum absolute atomic E-state index is 12.3. The van der Waals surface area contributed by atoms with Crippen LogP contribution in [0.15, 0.2) is 48.5 Å². The maximum atomic E-state index is 12.3. The minimum atomic E-state index is -0.134. The van der Waals surface area contributed by atoms with Gasteiger partial charge in [-0.05, 0) is 50.6 Å². The first-order chi connectivity index (χ1) is 13.9. The molecular weight excluding hydrogens is 362 g/mol. The number of piperazine rings is 1. The lowest BCUT2D eigenvalue weighted by Gasteiger charge is -2.38. The molecule has 0 spiro atoms. The van der Waals surface area contributed by atoms with Crippen LogP contribution in [0.3, 0.4) is 0 Å². The first-order valence-corrected chi connectivity index (χ1v) is 10.4. The first-order valence-electron chi connectivity index (χ1n) is 10.4. The zero-order valence-corrected chi connectivity index (χ0v) is 17.6. The summed E-state index contributed by atoms with van der Waals surface area (Å²) < 4.78 is 0. The highest BCUT2D eigenvalue weighted by Gasteiger charge is 2.19. The van der Waals surface area contributed by atoms with E-state index in [0.717, 1.165) is 37.4 Å². The second-order valence-corrected chi connectivity index (χ2v) is 7.95. The van der Waals surface area contributed by atoms with Crippen molar-refractivity contribution in [1.29, 1.82) is 0 Å². The Morgan fingerprint density at radius 1 is 0.931 bits per heavy atom. The number of carbonyl (C=O) groups excluding carboxylic acids is 2. The molecule has 0 saturated carbocycles. The predicted molar refractivity (Wildman–Crippen MR) is 119 cm³/mol. The van der Waals surface area contributed by atoms with Gasteiger partial charge in [-0.2, -0.15) is 0 Å². The highest BCUT2D eigenvalue weighted by atomic mass is 16.2. The second-order valence-electron chi connectivity index (χ2n) is 7.95. The van der Waals surface area contributed by atoms with Crippen molar-refractivity contribution in [2.45, 2.75) is 39.7 Å². The van der Waals surface area contributed by atoms with E-state index in [-0.39, 0.29) is 24.5 Å². The van der Waals surface area contributed by atoms with Crippen molar-refractivity contribution in [1.82, 2.24) is 4.90 Å². The van der Waals surface area contributed by atoms with Gasteiger partial charge in [0.05, 0.1) is 0 Å². The van der Waals surface area contributed by atoms with Crippen LogP contribution in [0.5, 0.6) is 0 Å². The predicted octanol–water partition coefficient (Wildman–Crippen LogP) is 4.13. The van der Waals surface area contributed by atoms with Gasteiger partial charge in [0.2, 0.25) is 5.91 Å². The van der Waals surface area contributed by atoms with Crippen molar-refractivity contribution in [2.24, 2.45) is 0 Å². The second kappa shape index (κ2) is 9.70. The van der Waals surface area contributed by atoms with Crippen LogP contribution in [-0.2, 0) is 4.79 Å². The fourth-order valence-electron chi connectivity index (χ4n) is 3.72. The van der Waals surface area contributed by atoms with Crippen LogP contribution in [0.25, 0.3) is 0 Å². The van der Waals surface area contributed by atoms with Crippen LogP contribution < -0.4 is 10.2 Å². The molecular formula is C24H31N3O2. The normalized spacial score (nSPS) is 14.8. The summed E-state index contributed by atoms with van der Waals surface area (Å²) in [7, 11) is 0. The number of hydrogen-bond donors (Lipinski definition) is 1. The van der Waals surface area contributed by atoms with Crippen LogP contribution in [0, 0.1) is 6.92 Å². The first kappa shape index (κ1) is 21.1. The number of anilines is 2. The molecule has 29 heavy (non-hydrogen) atoms. The van der Waals surface area contributed by atoms with E-state index < -0.39 is 0 Å². The third-order valence-corrected chi connectivity index (χ3v) is 5.59. The third-order valence-electron chi connectivity index (χ3n) is 5.59. The number of Topliss-reactive ketones (excluding diaryl/α,β-unsaturated/α-hetero) is 1. The number of hydrogen-bond acceptors (Lipinski definition) is 4. The van der Waals surface area contributed by atoms with Crippen molar-refractivity contribution in [3.8, 4) is 0 Å². The van der Waals surface area contributed by atoms with Crippen LogP contribution in [-0.4, -0.2) is 48.8 Å². The average molecular weight is 394 g/mol. The van der Waals surface area contributed by atoms with Gasteiger partial charge in [0, 0.05) is 62.0 Å². The van der Waals surface area contributed by atoms with Gasteiger partial charge in [-0.3, -0.25) is 14.5 Å². The van der Waals surface area contributed by atoms with E-state index in [0.29, 0.717) is 11.6 Å². The van der Waals surface area contributed by atoms with Crippen LogP contribution >= 0.6 is 0 Å². The zero-order valence-electron chi connectivity index (χ0n) is 17.6. The molecule has 1 aliphatic rings. The Bertz CT molecular complexity index is 837. The van der Waals surface area contributed by atoms with Crippen LogP contribution in [0.1, 0.15) is 42.6 Å². The summed E-state index contributed by atoms with van der Waals surface area (Å²) in [5.74, 6) is -0.126. The largest absolute Gasteiger partial charge is 0.369 e. The van der Waals surface area contributed by atoms with Gasteiger partial charge in [-0.1, -0.05) is 24.3 Å². The number of rotatable bonds is 7. The number of nitrogens with one attached hydrogen (secondary N) is 1. The SMILES string of the molecule is Cc1ccccc1C(=O)CCC(=O)Nc1ccc(N2CCN(C(C)C)CC2)cc1. The van der Waals surface area contributed by atoms with E-state index in [1.54, 1.807) is 0 Å². The van der Waals surface area contributed by atoms with Crippen molar-refractivity contribution in [2.75, 3.05) is 36.4 Å². The molecule has 0 atom stereocenters. The van der Waals surface area contributed by atoms with Gasteiger partial charge < -0.3 is 10.2 Å². The molecule has 1 heterocycles. The van der Waals surface area contributed by atoms with Gasteiger partial charge in [-0.25, -0.2) is 0 Å². The highest BCUT2D eigenvalue weighted by Crippen LogP contribution is 2.20. The van der Waals surface area contributed by atoms with Gasteiger partial charge in [0.15, 0.2) is 5.78 Å². The summed E-state index contributed by atoms with van der Waals surface area (Å²) in [4.78, 5) is 29.4. The quantitative estimate of drug-likeness (QED) is 0.719. The summed E-state index contributed by atoms with van der Waals surface area (Å²) in [5.41, 5.74) is 3.59. The van der Waals surface area contributed by atoms with Crippen molar-refractivity contribution in [3.63, 3.8) is 0 Å². The molecule has 0 unspecified atom stereocenters. The summed E-state index contributed by atoms with van der Waals surface area (Å²) >= 11 is 0. The molecule has 1 saturated heterocycles. The van der Waals surface area contributed by atoms with E-state index in [2.05, 4.69) is 41.1 Å². The van der Waals surface area contributed by atoms with E-state index in [1.165, 1.54) is 5.69 Å². The Hall–Kier alpha value is -2.66. The lowest BCUT2D eigenvalue weighted by Crippen LogP contribution is -2.48. The van der Waals surface area contributed by atoms with Gasteiger partial charge >= 0.3 is 0 Å². The smallest absolute Gasteiger partial charge is 0.224 e. The van der Waals surface area contributed by atoms with Gasteiger partial charge in [0.25, 0.3) is 0 Å². The molecule has 0 bridgehead atoms. The lowest BCUT2D eigenvalue weighted by atomic mass is 10.0. The molecule has 5 heteroatoms. The molecule has 0 aromatic heterocycles. The minimum Gasteiger partial charge on any atom is -0.369 e. The van der Waals surface area contributed by atoms with Crippen molar-refractivity contribution < 1.29 is 9.59 Å². The monoisotopic (exact) mass is 393 g/mol. The Kier molecular flexibility index (Phi) is 7.04. The molecule has 1 fully saturated rings. The lowest BCUT2D eigenvalue weighted by molar-refractivity contribution is -0.116. The molecule has 2 aromatic rings. The molecule has 2 aromatic carbocycles.